The number of halogens is 1. The number of hydrogen-bond acceptors (Lipinski definition) is 3. The van der Waals surface area contributed by atoms with Gasteiger partial charge in [-0.15, -0.1) is 10.2 Å². The third-order valence-electron chi connectivity index (χ3n) is 4.27. The molecule has 3 aromatic rings. The maximum Gasteiger partial charge on any atom is 0.193 e. The van der Waals surface area contributed by atoms with E-state index in [0.717, 1.165) is 54.4 Å². The molecule has 3 rings (SSSR count). The zero-order valence-electron chi connectivity index (χ0n) is 15.8. The van der Waals surface area contributed by atoms with E-state index >= 15 is 0 Å². The summed E-state index contributed by atoms with van der Waals surface area (Å²) in [5.41, 5.74) is 2.12. The Hall–Kier alpha value is -2.41. The van der Waals surface area contributed by atoms with Crippen molar-refractivity contribution in [3.8, 4) is 0 Å². The van der Waals surface area contributed by atoms with Crippen LogP contribution >= 0.6 is 15.9 Å². The number of pyridine rings is 1. The smallest absolute Gasteiger partial charge is 0.193 e. The summed E-state index contributed by atoms with van der Waals surface area (Å²) in [5, 5.41) is 11.9. The van der Waals surface area contributed by atoms with E-state index < -0.39 is 0 Å². The number of aliphatic imine (C=N–C) groups is 1. The second-order valence-electron chi connectivity index (χ2n) is 6.33. The van der Waals surface area contributed by atoms with Crippen LogP contribution in [-0.2, 0) is 13.0 Å². The molecule has 0 aliphatic heterocycles. The lowest BCUT2D eigenvalue weighted by atomic mass is 10.2. The van der Waals surface area contributed by atoms with Crippen molar-refractivity contribution < 1.29 is 0 Å². The molecule has 0 amide bonds. The third-order valence-corrected chi connectivity index (χ3v) is 5.04. The molecule has 7 heteroatoms. The first-order chi connectivity index (χ1) is 13.2. The molecule has 0 radical (unpaired) electrons. The Morgan fingerprint density at radius 1 is 1.19 bits per heavy atom. The predicted molar refractivity (Wildman–Crippen MR) is 113 cm³/mol. The highest BCUT2D eigenvalue weighted by atomic mass is 79.9. The Morgan fingerprint density at radius 3 is 2.81 bits per heavy atom. The maximum atomic E-state index is 4.78. The fraction of sp³-hybridized carbons (Fsp3) is 0.350. The van der Waals surface area contributed by atoms with Crippen LogP contribution in [0, 0.1) is 0 Å². The Balaban J connectivity index is 1.59. The molecular weight excluding hydrogens is 404 g/mol. The average Bonchev–Trinajstić information content (AvgIpc) is 3.09. The van der Waals surface area contributed by atoms with Gasteiger partial charge in [0.1, 0.15) is 5.82 Å². The van der Waals surface area contributed by atoms with Crippen LogP contribution in [0.1, 0.15) is 24.7 Å². The van der Waals surface area contributed by atoms with E-state index in [9.17, 15) is 0 Å². The number of nitrogens with one attached hydrogen (secondary N) is 1. The first-order valence-electron chi connectivity index (χ1n) is 9.20. The molecule has 2 aromatic heterocycles. The molecule has 1 aromatic carbocycles. The summed E-state index contributed by atoms with van der Waals surface area (Å²) in [6.07, 6.45) is 3.78. The summed E-state index contributed by atoms with van der Waals surface area (Å²) in [5.74, 6) is 1.90. The molecule has 1 N–H and O–H groups in total. The van der Waals surface area contributed by atoms with Gasteiger partial charge in [-0.3, -0.25) is 9.39 Å². The maximum absolute atomic E-state index is 4.78. The topological polar surface area (TPSA) is 57.8 Å². The highest BCUT2D eigenvalue weighted by Crippen LogP contribution is 2.17. The monoisotopic (exact) mass is 428 g/mol. The van der Waals surface area contributed by atoms with Crippen molar-refractivity contribution >= 4 is 27.5 Å². The van der Waals surface area contributed by atoms with Crippen molar-refractivity contribution in [3.63, 3.8) is 0 Å². The van der Waals surface area contributed by atoms with Crippen LogP contribution in [0.15, 0.2) is 58.1 Å². The molecule has 0 unspecified atom stereocenters. The largest absolute Gasteiger partial charge is 0.357 e. The molecule has 0 saturated heterocycles. The van der Waals surface area contributed by atoms with Crippen LogP contribution in [0.4, 0.5) is 0 Å². The molecular formula is C20H25BrN6. The Kier molecular flexibility index (Phi) is 6.81. The van der Waals surface area contributed by atoms with E-state index in [1.807, 2.05) is 34.9 Å². The van der Waals surface area contributed by atoms with Gasteiger partial charge in [-0.1, -0.05) is 40.2 Å². The zero-order chi connectivity index (χ0) is 19.1. The lowest BCUT2D eigenvalue weighted by molar-refractivity contribution is 0.475. The highest BCUT2D eigenvalue weighted by Gasteiger charge is 2.09. The molecule has 0 atom stereocenters. The SMILES string of the molecule is CCNC(=NCCCc1nnc2ccccn12)N(C)Cc1ccccc1Br. The minimum atomic E-state index is 0.740. The number of fused-ring (bicyclic) bond motifs is 1. The van der Waals surface area contributed by atoms with Crippen molar-refractivity contribution in [2.24, 2.45) is 4.99 Å². The van der Waals surface area contributed by atoms with E-state index in [1.165, 1.54) is 5.56 Å². The summed E-state index contributed by atoms with van der Waals surface area (Å²) in [4.78, 5) is 6.93. The molecule has 0 saturated carbocycles. The van der Waals surface area contributed by atoms with Gasteiger partial charge in [0.25, 0.3) is 0 Å². The molecule has 2 heterocycles. The van der Waals surface area contributed by atoms with E-state index in [1.54, 1.807) is 0 Å². The van der Waals surface area contributed by atoms with Gasteiger partial charge in [-0.25, -0.2) is 0 Å². The lowest BCUT2D eigenvalue weighted by Crippen LogP contribution is -2.38. The Labute approximate surface area is 168 Å². The van der Waals surface area contributed by atoms with E-state index in [2.05, 4.69) is 68.5 Å². The van der Waals surface area contributed by atoms with Gasteiger partial charge in [0, 0.05) is 43.8 Å². The Morgan fingerprint density at radius 2 is 2.00 bits per heavy atom. The summed E-state index contributed by atoms with van der Waals surface area (Å²) in [7, 11) is 2.06. The average molecular weight is 429 g/mol. The molecule has 142 valence electrons. The predicted octanol–water partition coefficient (Wildman–Crippen LogP) is 3.52. The van der Waals surface area contributed by atoms with Crippen molar-refractivity contribution in [2.75, 3.05) is 20.1 Å². The fourth-order valence-corrected chi connectivity index (χ4v) is 3.32. The van der Waals surface area contributed by atoms with Gasteiger partial charge in [0.15, 0.2) is 11.6 Å². The van der Waals surface area contributed by atoms with E-state index in [4.69, 9.17) is 4.99 Å². The zero-order valence-corrected chi connectivity index (χ0v) is 17.4. The highest BCUT2D eigenvalue weighted by molar-refractivity contribution is 9.10. The van der Waals surface area contributed by atoms with E-state index in [0.29, 0.717) is 0 Å². The Bertz CT molecular complexity index is 904. The molecule has 0 bridgehead atoms. The molecule has 0 spiro atoms. The van der Waals surface area contributed by atoms with Gasteiger partial charge in [-0.05, 0) is 37.1 Å². The number of aryl methyl sites for hydroxylation is 1. The summed E-state index contributed by atoms with van der Waals surface area (Å²) in [6.45, 7) is 4.46. The summed E-state index contributed by atoms with van der Waals surface area (Å²) < 4.78 is 3.15. The van der Waals surface area contributed by atoms with Gasteiger partial charge in [-0.2, -0.15) is 0 Å². The molecule has 0 aliphatic rings. The minimum absolute atomic E-state index is 0.740. The van der Waals surface area contributed by atoms with Crippen molar-refractivity contribution in [1.82, 2.24) is 24.8 Å². The number of hydrogen-bond donors (Lipinski definition) is 1. The molecule has 27 heavy (non-hydrogen) atoms. The first-order valence-corrected chi connectivity index (χ1v) is 10.00. The quantitative estimate of drug-likeness (QED) is 0.355. The molecule has 0 fully saturated rings. The van der Waals surface area contributed by atoms with Crippen LogP contribution in [0.2, 0.25) is 0 Å². The number of nitrogens with zero attached hydrogens (tertiary/aromatic N) is 5. The first kappa shape index (κ1) is 19.4. The van der Waals surface area contributed by atoms with Crippen molar-refractivity contribution in [3.05, 3.63) is 64.5 Å². The van der Waals surface area contributed by atoms with Gasteiger partial charge in [0.2, 0.25) is 0 Å². The summed E-state index contributed by atoms with van der Waals surface area (Å²) in [6, 6.07) is 14.2. The van der Waals surface area contributed by atoms with Crippen LogP contribution < -0.4 is 5.32 Å². The van der Waals surface area contributed by atoms with Crippen LogP contribution in [0.5, 0.6) is 0 Å². The van der Waals surface area contributed by atoms with Gasteiger partial charge >= 0.3 is 0 Å². The van der Waals surface area contributed by atoms with Gasteiger partial charge in [0.05, 0.1) is 0 Å². The van der Waals surface area contributed by atoms with Crippen LogP contribution in [0.25, 0.3) is 5.65 Å². The second-order valence-corrected chi connectivity index (χ2v) is 7.19. The van der Waals surface area contributed by atoms with Crippen molar-refractivity contribution in [1.29, 1.82) is 0 Å². The number of aromatic nitrogens is 3. The van der Waals surface area contributed by atoms with E-state index in [-0.39, 0.29) is 0 Å². The summed E-state index contributed by atoms with van der Waals surface area (Å²) >= 11 is 3.62. The van der Waals surface area contributed by atoms with Gasteiger partial charge < -0.3 is 10.2 Å². The molecule has 6 nitrogen and oxygen atoms in total. The number of benzene rings is 1. The van der Waals surface area contributed by atoms with Crippen molar-refractivity contribution in [2.45, 2.75) is 26.3 Å². The fourth-order valence-electron chi connectivity index (χ4n) is 2.91. The lowest BCUT2D eigenvalue weighted by Gasteiger charge is -2.22. The second kappa shape index (κ2) is 9.50. The molecule has 0 aliphatic carbocycles. The number of rotatable bonds is 7. The normalized spacial score (nSPS) is 11.7. The standard InChI is InChI=1S/C20H25BrN6/c1-3-22-20(26(2)15-16-9-4-5-10-17(16)21)23-13-8-12-19-25-24-18-11-6-7-14-27(18)19/h4-7,9-11,14H,3,8,12-13,15H2,1-2H3,(H,22,23). The number of guanidine groups is 1. The van der Waals surface area contributed by atoms with Crippen LogP contribution in [0.3, 0.4) is 0 Å². The third kappa shape index (κ3) is 5.07. The van der Waals surface area contributed by atoms with Crippen LogP contribution in [-0.4, -0.2) is 45.6 Å². The minimum Gasteiger partial charge on any atom is -0.357 e.